The topological polar surface area (TPSA) is 51.8 Å². The quantitative estimate of drug-likeness (QED) is 0.852. The molecule has 1 heterocycles. The second kappa shape index (κ2) is 6.21. The molecule has 1 aliphatic carbocycles. The lowest BCUT2D eigenvalue weighted by molar-refractivity contribution is 0.886. The predicted molar refractivity (Wildman–Crippen MR) is 68.3 cm³/mol. The maximum Gasteiger partial charge on any atom is 0.138 e. The van der Waals surface area contributed by atoms with Crippen LogP contribution in [0.5, 0.6) is 0 Å². The van der Waals surface area contributed by atoms with Crippen molar-refractivity contribution in [1.82, 2.24) is 9.97 Å². The Bertz CT molecular complexity index is 307. The van der Waals surface area contributed by atoms with Crippen molar-refractivity contribution in [3.63, 3.8) is 0 Å². The van der Waals surface area contributed by atoms with Crippen molar-refractivity contribution in [2.75, 3.05) is 6.54 Å². The molecular formula is C12H19N3S. The van der Waals surface area contributed by atoms with Crippen molar-refractivity contribution in [3.8, 4) is 0 Å². The first kappa shape index (κ1) is 11.9. The zero-order valence-corrected chi connectivity index (χ0v) is 10.4. The molecule has 3 nitrogen and oxygen atoms in total. The third-order valence-electron chi connectivity index (χ3n) is 2.94. The van der Waals surface area contributed by atoms with Crippen LogP contribution in [0.2, 0.25) is 0 Å². The van der Waals surface area contributed by atoms with Gasteiger partial charge in [0.15, 0.2) is 0 Å². The standard InChI is InChI=1S/C12H19N3S/c13-6-5-10-7-14-12(15-8-10)9-16-11-3-1-2-4-11/h7-8,11H,1-6,9,13H2. The van der Waals surface area contributed by atoms with Crippen LogP contribution in [-0.2, 0) is 12.2 Å². The van der Waals surface area contributed by atoms with E-state index in [0.29, 0.717) is 6.54 Å². The molecule has 1 aromatic heterocycles. The highest BCUT2D eigenvalue weighted by atomic mass is 32.2. The number of thioether (sulfide) groups is 1. The molecule has 0 spiro atoms. The molecule has 0 aromatic carbocycles. The SMILES string of the molecule is NCCc1cnc(CSC2CCCC2)nc1. The molecule has 2 N–H and O–H groups in total. The number of nitrogens with two attached hydrogens (primary N) is 1. The van der Waals surface area contributed by atoms with Gasteiger partial charge < -0.3 is 5.73 Å². The van der Waals surface area contributed by atoms with Gasteiger partial charge >= 0.3 is 0 Å². The molecule has 1 aromatic rings. The van der Waals surface area contributed by atoms with E-state index in [2.05, 4.69) is 9.97 Å². The summed E-state index contributed by atoms with van der Waals surface area (Å²) >= 11 is 2.01. The van der Waals surface area contributed by atoms with Crippen LogP contribution >= 0.6 is 11.8 Å². The molecule has 1 aliphatic rings. The van der Waals surface area contributed by atoms with Crippen LogP contribution in [0.1, 0.15) is 37.1 Å². The summed E-state index contributed by atoms with van der Waals surface area (Å²) in [5.41, 5.74) is 6.62. The monoisotopic (exact) mass is 237 g/mol. The average Bonchev–Trinajstić information content (AvgIpc) is 2.82. The van der Waals surface area contributed by atoms with E-state index in [1.165, 1.54) is 25.7 Å². The van der Waals surface area contributed by atoms with Crippen LogP contribution in [0.3, 0.4) is 0 Å². The van der Waals surface area contributed by atoms with E-state index in [4.69, 9.17) is 5.73 Å². The summed E-state index contributed by atoms with van der Waals surface area (Å²) in [4.78, 5) is 8.74. The lowest BCUT2D eigenvalue weighted by Crippen LogP contribution is -2.04. The molecule has 0 saturated heterocycles. The maximum absolute atomic E-state index is 5.48. The largest absolute Gasteiger partial charge is 0.330 e. The number of rotatable bonds is 5. The summed E-state index contributed by atoms with van der Waals surface area (Å²) < 4.78 is 0. The fourth-order valence-corrected chi connectivity index (χ4v) is 3.20. The Morgan fingerprint density at radius 2 is 1.94 bits per heavy atom. The molecule has 0 amide bonds. The van der Waals surface area contributed by atoms with Gasteiger partial charge in [0, 0.05) is 17.6 Å². The van der Waals surface area contributed by atoms with Crippen LogP contribution < -0.4 is 5.73 Å². The molecule has 0 bridgehead atoms. The smallest absolute Gasteiger partial charge is 0.138 e. The Morgan fingerprint density at radius 3 is 2.56 bits per heavy atom. The number of hydrogen-bond acceptors (Lipinski definition) is 4. The van der Waals surface area contributed by atoms with Crippen molar-refractivity contribution < 1.29 is 0 Å². The molecule has 0 unspecified atom stereocenters. The molecule has 0 radical (unpaired) electrons. The Kier molecular flexibility index (Phi) is 4.60. The van der Waals surface area contributed by atoms with Gasteiger partial charge in [0.25, 0.3) is 0 Å². The molecule has 1 saturated carbocycles. The number of aromatic nitrogens is 2. The lowest BCUT2D eigenvalue weighted by atomic mass is 10.2. The van der Waals surface area contributed by atoms with E-state index < -0.39 is 0 Å². The van der Waals surface area contributed by atoms with Crippen LogP contribution in [0.15, 0.2) is 12.4 Å². The first-order valence-corrected chi connectivity index (χ1v) is 7.05. The Morgan fingerprint density at radius 1 is 1.25 bits per heavy atom. The summed E-state index contributed by atoms with van der Waals surface area (Å²) in [6, 6.07) is 0. The predicted octanol–water partition coefficient (Wildman–Crippen LogP) is 2.15. The van der Waals surface area contributed by atoms with Gasteiger partial charge in [-0.25, -0.2) is 9.97 Å². The van der Waals surface area contributed by atoms with E-state index in [-0.39, 0.29) is 0 Å². The number of hydrogen-bond donors (Lipinski definition) is 1. The highest BCUT2D eigenvalue weighted by Gasteiger charge is 2.15. The van der Waals surface area contributed by atoms with Gasteiger partial charge in [-0.1, -0.05) is 12.8 Å². The third-order valence-corrected chi connectivity index (χ3v) is 4.31. The Balaban J connectivity index is 1.80. The summed E-state index contributed by atoms with van der Waals surface area (Å²) in [7, 11) is 0. The second-order valence-electron chi connectivity index (χ2n) is 4.26. The molecule has 1 fully saturated rings. The minimum absolute atomic E-state index is 0.666. The van der Waals surface area contributed by atoms with Crippen LogP contribution in [0, 0.1) is 0 Å². The maximum atomic E-state index is 5.48. The van der Waals surface area contributed by atoms with Crippen molar-refractivity contribution in [2.45, 2.75) is 43.1 Å². The van der Waals surface area contributed by atoms with Crippen molar-refractivity contribution >= 4 is 11.8 Å². The van der Waals surface area contributed by atoms with E-state index >= 15 is 0 Å². The lowest BCUT2D eigenvalue weighted by Gasteiger charge is -2.07. The van der Waals surface area contributed by atoms with Gasteiger partial charge in [0.1, 0.15) is 5.82 Å². The summed E-state index contributed by atoms with van der Waals surface area (Å²) in [6.45, 7) is 0.666. The van der Waals surface area contributed by atoms with Crippen LogP contribution in [-0.4, -0.2) is 21.8 Å². The van der Waals surface area contributed by atoms with Crippen molar-refractivity contribution in [3.05, 3.63) is 23.8 Å². The number of nitrogens with zero attached hydrogens (tertiary/aromatic N) is 2. The molecule has 16 heavy (non-hydrogen) atoms. The van der Waals surface area contributed by atoms with Gasteiger partial charge in [-0.15, -0.1) is 0 Å². The van der Waals surface area contributed by atoms with Crippen LogP contribution in [0.4, 0.5) is 0 Å². The molecule has 0 atom stereocenters. The van der Waals surface area contributed by atoms with E-state index in [1.807, 2.05) is 24.2 Å². The third kappa shape index (κ3) is 3.46. The van der Waals surface area contributed by atoms with E-state index in [1.54, 1.807) is 0 Å². The summed E-state index contributed by atoms with van der Waals surface area (Å²) in [6.07, 6.45) is 10.2. The fraction of sp³-hybridized carbons (Fsp3) is 0.667. The Labute approximate surface area is 101 Å². The van der Waals surface area contributed by atoms with Gasteiger partial charge in [-0.2, -0.15) is 11.8 Å². The second-order valence-corrected chi connectivity index (χ2v) is 5.55. The van der Waals surface area contributed by atoms with Gasteiger partial charge in [-0.05, 0) is 31.4 Å². The molecule has 4 heteroatoms. The van der Waals surface area contributed by atoms with Gasteiger partial charge in [-0.3, -0.25) is 0 Å². The minimum atomic E-state index is 0.666. The first-order valence-electron chi connectivity index (χ1n) is 6.00. The van der Waals surface area contributed by atoms with Gasteiger partial charge in [0.05, 0.1) is 5.75 Å². The molecule has 88 valence electrons. The zero-order valence-electron chi connectivity index (χ0n) is 9.56. The average molecular weight is 237 g/mol. The zero-order chi connectivity index (χ0) is 11.2. The fourth-order valence-electron chi connectivity index (χ4n) is 2.00. The van der Waals surface area contributed by atoms with E-state index in [9.17, 15) is 0 Å². The highest BCUT2D eigenvalue weighted by molar-refractivity contribution is 7.99. The molecule has 2 rings (SSSR count). The van der Waals surface area contributed by atoms with Crippen molar-refractivity contribution in [2.24, 2.45) is 5.73 Å². The molecule has 0 aliphatic heterocycles. The highest BCUT2D eigenvalue weighted by Crippen LogP contribution is 2.30. The van der Waals surface area contributed by atoms with Gasteiger partial charge in [0.2, 0.25) is 0 Å². The normalized spacial score (nSPS) is 16.8. The first-order chi connectivity index (χ1) is 7.88. The van der Waals surface area contributed by atoms with Crippen LogP contribution in [0.25, 0.3) is 0 Å². The Hall–Kier alpha value is -0.610. The molecular weight excluding hydrogens is 218 g/mol. The van der Waals surface area contributed by atoms with Crippen molar-refractivity contribution in [1.29, 1.82) is 0 Å². The summed E-state index contributed by atoms with van der Waals surface area (Å²) in [5, 5.41) is 0.840. The summed E-state index contributed by atoms with van der Waals surface area (Å²) in [5.74, 6) is 1.91. The van der Waals surface area contributed by atoms with E-state index in [0.717, 1.165) is 28.8 Å². The minimum Gasteiger partial charge on any atom is -0.330 e.